The average Bonchev–Trinajstić information content (AvgIpc) is 2.85. The van der Waals surface area contributed by atoms with Gasteiger partial charge in [-0.25, -0.2) is 9.78 Å². The van der Waals surface area contributed by atoms with Crippen LogP contribution in [0.2, 0.25) is 0 Å². The fraction of sp³-hybridized carbons (Fsp3) is 0.636. The Labute approximate surface area is 118 Å². The number of halogens is 3. The minimum Gasteiger partial charge on any atom is -0.396 e. The minimum atomic E-state index is -4.48. The van der Waals surface area contributed by atoms with Crippen LogP contribution in [-0.4, -0.2) is 29.3 Å². The maximum absolute atomic E-state index is 12.5. The van der Waals surface area contributed by atoms with Gasteiger partial charge in [-0.15, -0.1) is 11.3 Å². The summed E-state index contributed by atoms with van der Waals surface area (Å²) in [7, 11) is 0. The van der Waals surface area contributed by atoms with Crippen LogP contribution < -0.4 is 10.6 Å². The number of urea groups is 1. The Bertz CT molecular complexity index is 437. The van der Waals surface area contributed by atoms with Crippen LogP contribution in [0.3, 0.4) is 0 Å². The van der Waals surface area contributed by atoms with Crippen molar-refractivity contribution in [3.05, 3.63) is 16.1 Å². The minimum absolute atomic E-state index is 0.0427. The van der Waals surface area contributed by atoms with Crippen molar-refractivity contribution in [2.45, 2.75) is 32.0 Å². The van der Waals surface area contributed by atoms with E-state index in [1.807, 2.05) is 0 Å². The molecule has 0 saturated heterocycles. The van der Waals surface area contributed by atoms with E-state index < -0.39 is 23.9 Å². The van der Waals surface area contributed by atoms with Gasteiger partial charge in [0, 0.05) is 18.5 Å². The van der Waals surface area contributed by atoms with E-state index in [1.54, 1.807) is 6.92 Å². The van der Waals surface area contributed by atoms with E-state index in [-0.39, 0.29) is 11.6 Å². The summed E-state index contributed by atoms with van der Waals surface area (Å²) in [5.41, 5.74) is -0.946. The predicted molar refractivity (Wildman–Crippen MR) is 68.4 cm³/mol. The number of carbonyl (C=O) groups excluding carboxylic acids is 1. The zero-order chi connectivity index (χ0) is 15.2. The molecule has 1 heterocycles. The molecule has 0 spiro atoms. The molecule has 1 atom stereocenters. The molecule has 20 heavy (non-hydrogen) atoms. The Morgan fingerprint density at radius 1 is 1.55 bits per heavy atom. The number of nitrogens with one attached hydrogen (secondary N) is 2. The highest BCUT2D eigenvalue weighted by Gasteiger charge is 2.34. The van der Waals surface area contributed by atoms with E-state index in [1.165, 1.54) is 0 Å². The summed E-state index contributed by atoms with van der Waals surface area (Å²) in [6.45, 7) is 2.00. The van der Waals surface area contributed by atoms with Crippen LogP contribution in [0.15, 0.2) is 5.38 Å². The highest BCUT2D eigenvalue weighted by atomic mass is 32.1. The molecule has 0 aliphatic carbocycles. The Morgan fingerprint density at radius 3 is 2.75 bits per heavy atom. The van der Waals surface area contributed by atoms with Crippen molar-refractivity contribution in [2.75, 3.05) is 13.2 Å². The summed E-state index contributed by atoms with van der Waals surface area (Å²) in [4.78, 5) is 15.0. The number of alkyl halides is 3. The van der Waals surface area contributed by atoms with Crippen molar-refractivity contribution in [2.24, 2.45) is 0 Å². The van der Waals surface area contributed by atoms with Crippen molar-refractivity contribution in [3.8, 4) is 0 Å². The number of aliphatic hydroxyl groups excluding tert-OH is 1. The van der Waals surface area contributed by atoms with Gasteiger partial charge in [-0.3, -0.25) is 0 Å². The Morgan fingerprint density at radius 2 is 2.25 bits per heavy atom. The lowest BCUT2D eigenvalue weighted by Gasteiger charge is -2.15. The number of hydrogen-bond donors (Lipinski definition) is 3. The summed E-state index contributed by atoms with van der Waals surface area (Å²) in [6.07, 6.45) is -3.63. The lowest BCUT2D eigenvalue weighted by molar-refractivity contribution is -0.140. The molecule has 0 fully saturated rings. The molecule has 0 aliphatic rings. The molecule has 3 N–H and O–H groups in total. The number of nitrogens with zero attached hydrogens (tertiary/aromatic N) is 1. The number of hydrogen-bond acceptors (Lipinski definition) is 4. The monoisotopic (exact) mass is 311 g/mol. The van der Waals surface area contributed by atoms with Gasteiger partial charge < -0.3 is 15.7 Å². The second kappa shape index (κ2) is 7.44. The summed E-state index contributed by atoms with van der Waals surface area (Å²) in [5.74, 6) is 0. The van der Waals surface area contributed by atoms with Gasteiger partial charge in [-0.05, 0) is 12.8 Å². The average molecular weight is 311 g/mol. The van der Waals surface area contributed by atoms with Crippen LogP contribution in [0.4, 0.5) is 18.0 Å². The van der Waals surface area contributed by atoms with E-state index in [0.717, 1.165) is 16.7 Å². The molecule has 5 nitrogen and oxygen atoms in total. The van der Waals surface area contributed by atoms with Crippen molar-refractivity contribution in [1.29, 1.82) is 0 Å². The first kappa shape index (κ1) is 16.7. The van der Waals surface area contributed by atoms with Gasteiger partial charge in [-0.2, -0.15) is 13.2 Å². The Balaban J connectivity index is 2.62. The molecule has 0 aromatic carbocycles. The molecule has 2 amide bonds. The van der Waals surface area contributed by atoms with Crippen LogP contribution in [0, 0.1) is 0 Å². The van der Waals surface area contributed by atoms with E-state index in [9.17, 15) is 18.0 Å². The molecular weight excluding hydrogens is 295 g/mol. The normalized spacial score (nSPS) is 13.1. The first-order valence-electron chi connectivity index (χ1n) is 6.06. The summed E-state index contributed by atoms with van der Waals surface area (Å²) >= 11 is 0.866. The van der Waals surface area contributed by atoms with Crippen molar-refractivity contribution < 1.29 is 23.1 Å². The van der Waals surface area contributed by atoms with Gasteiger partial charge in [0.1, 0.15) is 5.01 Å². The molecule has 9 heteroatoms. The topological polar surface area (TPSA) is 74.2 Å². The van der Waals surface area contributed by atoms with Crippen molar-refractivity contribution in [1.82, 2.24) is 15.6 Å². The van der Waals surface area contributed by atoms with Crippen LogP contribution in [0.25, 0.3) is 0 Å². The third-order valence-corrected chi connectivity index (χ3v) is 3.40. The van der Waals surface area contributed by atoms with E-state index in [2.05, 4.69) is 15.6 Å². The Hall–Kier alpha value is -1.35. The first-order valence-corrected chi connectivity index (χ1v) is 6.94. The lowest BCUT2D eigenvalue weighted by atomic mass is 10.2. The van der Waals surface area contributed by atoms with Crippen molar-refractivity contribution >= 4 is 17.4 Å². The third kappa shape index (κ3) is 4.97. The number of rotatable bonds is 6. The van der Waals surface area contributed by atoms with E-state index >= 15 is 0 Å². The number of carbonyl (C=O) groups is 1. The zero-order valence-electron chi connectivity index (χ0n) is 10.8. The summed E-state index contributed by atoms with van der Waals surface area (Å²) in [5, 5.41) is 14.8. The molecule has 0 radical (unpaired) electrons. The molecule has 1 aromatic heterocycles. The van der Waals surface area contributed by atoms with Gasteiger partial charge in [-0.1, -0.05) is 6.92 Å². The van der Waals surface area contributed by atoms with Crippen molar-refractivity contribution in [3.63, 3.8) is 0 Å². The molecule has 0 bridgehead atoms. The molecular formula is C11H16F3N3O2S. The zero-order valence-corrected chi connectivity index (χ0v) is 11.6. The number of aromatic nitrogens is 1. The fourth-order valence-corrected chi connectivity index (χ4v) is 2.37. The SMILES string of the molecule is CCC(NC(=O)NCCCO)c1nc(C(F)(F)F)cs1. The van der Waals surface area contributed by atoms with Gasteiger partial charge in [0.15, 0.2) is 5.69 Å². The number of thiazole rings is 1. The maximum atomic E-state index is 12.5. The van der Waals surface area contributed by atoms with Crippen LogP contribution >= 0.6 is 11.3 Å². The highest BCUT2D eigenvalue weighted by Crippen LogP contribution is 2.32. The molecule has 114 valence electrons. The molecule has 1 aromatic rings. The largest absolute Gasteiger partial charge is 0.434 e. The lowest BCUT2D eigenvalue weighted by Crippen LogP contribution is -2.38. The van der Waals surface area contributed by atoms with Gasteiger partial charge in [0.2, 0.25) is 0 Å². The van der Waals surface area contributed by atoms with E-state index in [0.29, 0.717) is 19.4 Å². The van der Waals surface area contributed by atoms with Crippen LogP contribution in [0.5, 0.6) is 0 Å². The second-order valence-corrected chi connectivity index (χ2v) is 4.90. The van der Waals surface area contributed by atoms with E-state index in [4.69, 9.17) is 5.11 Å². The highest BCUT2D eigenvalue weighted by molar-refractivity contribution is 7.09. The number of aliphatic hydroxyl groups is 1. The Kier molecular flexibility index (Phi) is 6.21. The summed E-state index contributed by atoms with van der Waals surface area (Å²) in [6, 6.07) is -1.06. The molecule has 1 rings (SSSR count). The fourth-order valence-electron chi connectivity index (χ4n) is 1.41. The predicted octanol–water partition coefficient (Wildman–Crippen LogP) is 2.29. The summed E-state index contributed by atoms with van der Waals surface area (Å²) < 4.78 is 37.4. The van der Waals surface area contributed by atoms with Crippen LogP contribution in [-0.2, 0) is 6.18 Å². The van der Waals surface area contributed by atoms with Gasteiger partial charge in [0.05, 0.1) is 6.04 Å². The number of amides is 2. The second-order valence-electron chi connectivity index (χ2n) is 4.01. The maximum Gasteiger partial charge on any atom is 0.434 e. The quantitative estimate of drug-likeness (QED) is 0.706. The standard InChI is InChI=1S/C11H16F3N3O2S/c1-2-7(16-10(19)15-4-3-5-18)9-17-8(6-20-9)11(12,13)14/h6-7,18H,2-5H2,1H3,(H2,15,16,19). The molecule has 0 aliphatic heterocycles. The first-order chi connectivity index (χ1) is 9.38. The molecule has 0 saturated carbocycles. The third-order valence-electron chi connectivity index (χ3n) is 2.44. The molecule has 1 unspecified atom stereocenters. The van der Waals surface area contributed by atoms with Gasteiger partial charge >= 0.3 is 12.2 Å². The smallest absolute Gasteiger partial charge is 0.396 e. The van der Waals surface area contributed by atoms with Gasteiger partial charge in [0.25, 0.3) is 0 Å². The van der Waals surface area contributed by atoms with Crippen LogP contribution in [0.1, 0.15) is 36.5 Å².